The van der Waals surface area contributed by atoms with Crippen LogP contribution in [0.25, 0.3) is 0 Å². The number of amides is 1. The van der Waals surface area contributed by atoms with E-state index in [-0.39, 0.29) is 17.5 Å². The fourth-order valence-corrected chi connectivity index (χ4v) is 3.17. The van der Waals surface area contributed by atoms with E-state index in [0.29, 0.717) is 19.0 Å². The maximum absolute atomic E-state index is 12.1. The first-order chi connectivity index (χ1) is 9.37. The molecule has 0 aromatic carbocycles. The molecule has 4 nitrogen and oxygen atoms in total. The Morgan fingerprint density at radius 3 is 2.65 bits per heavy atom. The van der Waals surface area contributed by atoms with Gasteiger partial charge in [-0.05, 0) is 46.6 Å². The molecule has 0 aliphatic carbocycles. The summed E-state index contributed by atoms with van der Waals surface area (Å²) in [5, 5.41) is 3.05. The summed E-state index contributed by atoms with van der Waals surface area (Å²) >= 11 is 0. The van der Waals surface area contributed by atoms with Gasteiger partial charge < -0.3 is 11.1 Å². The average molecular weight is 283 g/mol. The highest BCUT2D eigenvalue weighted by atomic mass is 16.1. The third-order valence-corrected chi connectivity index (χ3v) is 3.97. The van der Waals surface area contributed by atoms with Crippen molar-refractivity contribution in [1.82, 2.24) is 10.2 Å². The van der Waals surface area contributed by atoms with Crippen molar-refractivity contribution in [3.63, 3.8) is 0 Å². The van der Waals surface area contributed by atoms with E-state index in [2.05, 4.69) is 17.1 Å². The minimum absolute atomic E-state index is 0.119. The molecular weight excluding hydrogens is 250 g/mol. The Morgan fingerprint density at radius 2 is 2.10 bits per heavy atom. The van der Waals surface area contributed by atoms with Crippen LogP contribution >= 0.6 is 0 Å². The van der Waals surface area contributed by atoms with Crippen molar-refractivity contribution >= 4 is 5.91 Å². The lowest BCUT2D eigenvalue weighted by molar-refractivity contribution is -0.124. The number of rotatable bonds is 6. The third kappa shape index (κ3) is 5.80. The second kappa shape index (κ2) is 7.99. The van der Waals surface area contributed by atoms with Crippen molar-refractivity contribution in [1.29, 1.82) is 0 Å². The predicted octanol–water partition coefficient (Wildman–Crippen LogP) is 2.27. The number of nitrogens with one attached hydrogen (secondary N) is 1. The quantitative estimate of drug-likeness (QED) is 0.786. The van der Waals surface area contributed by atoms with Crippen LogP contribution in [0, 0.1) is 0 Å². The summed E-state index contributed by atoms with van der Waals surface area (Å²) in [7, 11) is 0. The van der Waals surface area contributed by atoms with Gasteiger partial charge in [0.05, 0.1) is 0 Å². The van der Waals surface area contributed by atoms with Gasteiger partial charge in [0, 0.05) is 30.6 Å². The Labute approximate surface area is 124 Å². The van der Waals surface area contributed by atoms with E-state index in [1.807, 2.05) is 20.8 Å². The molecule has 2 unspecified atom stereocenters. The Balaban J connectivity index is 2.61. The first-order valence-corrected chi connectivity index (χ1v) is 8.14. The summed E-state index contributed by atoms with van der Waals surface area (Å²) in [6, 6.07) is 0.805. The van der Waals surface area contributed by atoms with Crippen LogP contribution in [0.5, 0.6) is 0 Å². The SMILES string of the molecule is CCCC1CCCCN1C(CN)CC(=O)NC(C)(C)C. The summed E-state index contributed by atoms with van der Waals surface area (Å²) in [6.45, 7) is 9.94. The molecule has 0 radical (unpaired) electrons. The first-order valence-electron chi connectivity index (χ1n) is 8.14. The van der Waals surface area contributed by atoms with E-state index in [1.165, 1.54) is 32.1 Å². The molecule has 0 aromatic rings. The molecule has 4 heteroatoms. The van der Waals surface area contributed by atoms with Gasteiger partial charge in [0.2, 0.25) is 5.91 Å². The Hall–Kier alpha value is -0.610. The summed E-state index contributed by atoms with van der Waals surface area (Å²) in [5.74, 6) is 0.119. The first kappa shape index (κ1) is 17.4. The number of carbonyl (C=O) groups is 1. The number of nitrogens with two attached hydrogens (primary N) is 1. The van der Waals surface area contributed by atoms with E-state index in [0.717, 1.165) is 6.54 Å². The molecule has 1 aliphatic rings. The fourth-order valence-electron chi connectivity index (χ4n) is 3.17. The molecule has 1 aliphatic heterocycles. The average Bonchev–Trinajstić information content (AvgIpc) is 2.35. The van der Waals surface area contributed by atoms with Crippen molar-refractivity contribution < 1.29 is 4.79 Å². The Bertz CT molecular complexity index is 297. The maximum atomic E-state index is 12.1. The fraction of sp³-hybridized carbons (Fsp3) is 0.938. The molecular formula is C16H33N3O. The standard InChI is InChI=1S/C16H33N3O/c1-5-8-13-9-6-7-10-19(13)14(12-17)11-15(20)18-16(2,3)4/h13-14H,5-12,17H2,1-4H3,(H,18,20). The molecule has 3 N–H and O–H groups in total. The number of hydrogen-bond donors (Lipinski definition) is 2. The van der Waals surface area contributed by atoms with Crippen molar-refractivity contribution in [2.24, 2.45) is 5.73 Å². The number of hydrogen-bond acceptors (Lipinski definition) is 3. The maximum Gasteiger partial charge on any atom is 0.222 e. The molecule has 20 heavy (non-hydrogen) atoms. The summed E-state index contributed by atoms with van der Waals surface area (Å²) in [6.07, 6.45) is 6.74. The third-order valence-electron chi connectivity index (χ3n) is 3.97. The second-order valence-electron chi connectivity index (χ2n) is 7.07. The normalized spacial score (nSPS) is 22.6. The summed E-state index contributed by atoms with van der Waals surface area (Å²) in [5.41, 5.74) is 5.79. The molecule has 1 amide bonds. The molecule has 1 saturated heterocycles. The van der Waals surface area contributed by atoms with Crippen molar-refractivity contribution in [2.45, 2.75) is 83.8 Å². The van der Waals surface area contributed by atoms with E-state index in [9.17, 15) is 4.79 Å². The lowest BCUT2D eigenvalue weighted by Gasteiger charge is -2.41. The lowest BCUT2D eigenvalue weighted by Crippen LogP contribution is -2.52. The molecule has 0 bridgehead atoms. The topological polar surface area (TPSA) is 58.4 Å². The van der Waals surface area contributed by atoms with E-state index in [1.54, 1.807) is 0 Å². The van der Waals surface area contributed by atoms with Crippen LogP contribution < -0.4 is 11.1 Å². The highest BCUT2D eigenvalue weighted by molar-refractivity contribution is 5.77. The Morgan fingerprint density at radius 1 is 1.40 bits per heavy atom. The zero-order valence-electron chi connectivity index (χ0n) is 13.7. The van der Waals surface area contributed by atoms with Gasteiger partial charge in [-0.15, -0.1) is 0 Å². The van der Waals surface area contributed by atoms with Gasteiger partial charge in [0.1, 0.15) is 0 Å². The van der Waals surface area contributed by atoms with Gasteiger partial charge in [0.25, 0.3) is 0 Å². The summed E-state index contributed by atoms with van der Waals surface area (Å²) < 4.78 is 0. The van der Waals surface area contributed by atoms with Gasteiger partial charge in [0.15, 0.2) is 0 Å². The smallest absolute Gasteiger partial charge is 0.222 e. The van der Waals surface area contributed by atoms with Crippen LogP contribution in [0.3, 0.4) is 0 Å². The van der Waals surface area contributed by atoms with Crippen LogP contribution in [-0.4, -0.2) is 41.5 Å². The number of nitrogens with zero attached hydrogens (tertiary/aromatic N) is 1. The van der Waals surface area contributed by atoms with Crippen LogP contribution in [0.4, 0.5) is 0 Å². The molecule has 0 aromatic heterocycles. The highest BCUT2D eigenvalue weighted by Crippen LogP contribution is 2.24. The predicted molar refractivity (Wildman–Crippen MR) is 84.6 cm³/mol. The number of likely N-dealkylation sites (tertiary alicyclic amines) is 1. The zero-order chi connectivity index (χ0) is 15.2. The van der Waals surface area contributed by atoms with Gasteiger partial charge in [-0.25, -0.2) is 0 Å². The highest BCUT2D eigenvalue weighted by Gasteiger charge is 2.29. The molecule has 0 saturated carbocycles. The molecule has 1 rings (SSSR count). The van der Waals surface area contributed by atoms with Gasteiger partial charge >= 0.3 is 0 Å². The van der Waals surface area contributed by atoms with Crippen LogP contribution in [0.15, 0.2) is 0 Å². The van der Waals surface area contributed by atoms with Gasteiger partial charge in [-0.2, -0.15) is 0 Å². The van der Waals surface area contributed by atoms with Crippen LogP contribution in [0.2, 0.25) is 0 Å². The number of carbonyl (C=O) groups excluding carboxylic acids is 1. The second-order valence-corrected chi connectivity index (χ2v) is 7.07. The lowest BCUT2D eigenvalue weighted by atomic mass is 9.95. The Kier molecular flexibility index (Phi) is 6.96. The molecule has 0 spiro atoms. The largest absolute Gasteiger partial charge is 0.351 e. The van der Waals surface area contributed by atoms with Crippen LogP contribution in [-0.2, 0) is 4.79 Å². The minimum Gasteiger partial charge on any atom is -0.351 e. The van der Waals surface area contributed by atoms with Crippen molar-refractivity contribution in [3.05, 3.63) is 0 Å². The van der Waals surface area contributed by atoms with Crippen LogP contribution in [0.1, 0.15) is 66.2 Å². The zero-order valence-corrected chi connectivity index (χ0v) is 13.7. The van der Waals surface area contributed by atoms with E-state index < -0.39 is 0 Å². The van der Waals surface area contributed by atoms with Gasteiger partial charge in [-0.1, -0.05) is 19.8 Å². The van der Waals surface area contributed by atoms with E-state index >= 15 is 0 Å². The molecule has 2 atom stereocenters. The number of piperidine rings is 1. The van der Waals surface area contributed by atoms with E-state index in [4.69, 9.17) is 5.73 Å². The minimum atomic E-state index is -0.166. The molecule has 1 heterocycles. The molecule has 1 fully saturated rings. The van der Waals surface area contributed by atoms with Crippen molar-refractivity contribution in [3.8, 4) is 0 Å². The molecule has 118 valence electrons. The van der Waals surface area contributed by atoms with Crippen molar-refractivity contribution in [2.75, 3.05) is 13.1 Å². The summed E-state index contributed by atoms with van der Waals surface area (Å²) in [4.78, 5) is 14.6. The monoisotopic (exact) mass is 283 g/mol. The van der Waals surface area contributed by atoms with Gasteiger partial charge in [-0.3, -0.25) is 9.69 Å².